The summed E-state index contributed by atoms with van der Waals surface area (Å²) >= 11 is 1.43. The Morgan fingerprint density at radius 1 is 1.28 bits per heavy atom. The number of thioether (sulfide) groups is 1. The number of para-hydroxylation sites is 1. The fraction of sp³-hybridized carbons (Fsp3) is 0.476. The van der Waals surface area contributed by atoms with Gasteiger partial charge in [0.1, 0.15) is 0 Å². The molecule has 29 heavy (non-hydrogen) atoms. The number of methoxy groups -OCH3 is 1. The number of aromatic nitrogens is 4. The Hall–Kier alpha value is -2.32. The van der Waals surface area contributed by atoms with E-state index in [2.05, 4.69) is 26.6 Å². The number of carbonyl (C=O) groups excluding carboxylic acids is 1. The van der Waals surface area contributed by atoms with E-state index in [9.17, 15) is 4.79 Å². The number of carbonyl (C=O) groups is 1. The van der Waals surface area contributed by atoms with Crippen molar-refractivity contribution in [3.8, 4) is 11.4 Å². The molecule has 4 rings (SSSR count). The molecule has 7 nitrogen and oxygen atoms in total. The van der Waals surface area contributed by atoms with Crippen molar-refractivity contribution in [3.05, 3.63) is 30.5 Å². The third kappa shape index (κ3) is 4.64. The Balaban J connectivity index is 1.50. The number of amides is 1. The van der Waals surface area contributed by atoms with Gasteiger partial charge >= 0.3 is 0 Å². The van der Waals surface area contributed by atoms with Crippen LogP contribution < -0.4 is 5.32 Å². The number of hydrogen-bond acceptors (Lipinski definition) is 5. The van der Waals surface area contributed by atoms with Crippen molar-refractivity contribution in [1.29, 1.82) is 0 Å². The molecule has 2 N–H and O–H groups in total. The maximum atomic E-state index is 12.4. The van der Waals surface area contributed by atoms with E-state index in [0.717, 1.165) is 40.3 Å². The summed E-state index contributed by atoms with van der Waals surface area (Å²) in [6, 6.07) is 8.46. The van der Waals surface area contributed by atoms with E-state index in [1.54, 1.807) is 7.11 Å². The van der Waals surface area contributed by atoms with Crippen LogP contribution in [0.15, 0.2) is 35.6 Å². The van der Waals surface area contributed by atoms with Gasteiger partial charge in [0.05, 0.1) is 18.9 Å². The molecule has 0 bridgehead atoms. The van der Waals surface area contributed by atoms with E-state index in [-0.39, 0.29) is 5.91 Å². The largest absolute Gasteiger partial charge is 0.383 e. The lowest BCUT2D eigenvalue weighted by Crippen LogP contribution is -2.37. The Labute approximate surface area is 174 Å². The second kappa shape index (κ2) is 9.45. The zero-order chi connectivity index (χ0) is 20.1. The highest BCUT2D eigenvalue weighted by Gasteiger charge is 2.20. The van der Waals surface area contributed by atoms with Crippen LogP contribution in [-0.2, 0) is 16.1 Å². The normalized spacial score (nSPS) is 15.1. The average molecular weight is 414 g/mol. The molecule has 0 spiro atoms. The van der Waals surface area contributed by atoms with Crippen LogP contribution in [0.25, 0.3) is 22.3 Å². The van der Waals surface area contributed by atoms with E-state index in [4.69, 9.17) is 4.74 Å². The number of nitrogens with zero attached hydrogens (tertiary/aromatic N) is 3. The van der Waals surface area contributed by atoms with Gasteiger partial charge in [-0.3, -0.25) is 9.36 Å². The molecule has 0 saturated heterocycles. The lowest BCUT2D eigenvalue weighted by Gasteiger charge is -2.22. The van der Waals surface area contributed by atoms with Gasteiger partial charge in [-0.1, -0.05) is 49.2 Å². The van der Waals surface area contributed by atoms with Crippen LogP contribution >= 0.6 is 11.8 Å². The predicted molar refractivity (Wildman–Crippen MR) is 115 cm³/mol. The molecule has 1 saturated carbocycles. The van der Waals surface area contributed by atoms with Gasteiger partial charge in [0, 0.05) is 35.8 Å². The smallest absolute Gasteiger partial charge is 0.230 e. The predicted octanol–water partition coefficient (Wildman–Crippen LogP) is 3.61. The standard InChI is InChI=1S/C21H27N5O2S/c1-28-12-11-26-20(17-13-22-18-10-6-5-9-16(17)18)24-25-21(26)29-14-19(27)23-15-7-3-2-4-8-15/h5-6,9-10,13,15,22H,2-4,7-8,11-12,14H2,1H3,(H,23,27). The highest BCUT2D eigenvalue weighted by Crippen LogP contribution is 2.30. The van der Waals surface area contributed by atoms with Crippen molar-refractivity contribution in [2.45, 2.75) is 49.8 Å². The lowest BCUT2D eigenvalue weighted by molar-refractivity contribution is -0.119. The molecule has 1 aromatic carbocycles. The molecular weight excluding hydrogens is 386 g/mol. The van der Waals surface area contributed by atoms with Crippen molar-refractivity contribution in [2.75, 3.05) is 19.5 Å². The summed E-state index contributed by atoms with van der Waals surface area (Å²) in [6.45, 7) is 1.18. The molecule has 8 heteroatoms. The van der Waals surface area contributed by atoms with Crippen molar-refractivity contribution in [1.82, 2.24) is 25.1 Å². The number of rotatable bonds is 8. The summed E-state index contributed by atoms with van der Waals surface area (Å²) in [6.07, 6.45) is 7.83. The lowest BCUT2D eigenvalue weighted by atomic mass is 9.95. The zero-order valence-corrected chi connectivity index (χ0v) is 17.5. The molecule has 2 heterocycles. The second-order valence-electron chi connectivity index (χ2n) is 7.39. The summed E-state index contributed by atoms with van der Waals surface area (Å²) in [4.78, 5) is 15.7. The van der Waals surface area contributed by atoms with Gasteiger partial charge in [-0.25, -0.2) is 0 Å². The highest BCUT2D eigenvalue weighted by atomic mass is 32.2. The summed E-state index contributed by atoms with van der Waals surface area (Å²) in [5, 5.41) is 13.8. The molecule has 0 radical (unpaired) electrons. The Kier molecular flexibility index (Phi) is 6.51. The molecule has 2 aromatic heterocycles. The fourth-order valence-corrected chi connectivity index (χ4v) is 4.66. The first-order valence-corrected chi connectivity index (χ1v) is 11.2. The SMILES string of the molecule is COCCn1c(SCC(=O)NC2CCCCC2)nnc1-c1c[nH]c2ccccc12. The number of hydrogen-bond donors (Lipinski definition) is 2. The van der Waals surface area contributed by atoms with Gasteiger partial charge in [-0.15, -0.1) is 10.2 Å². The van der Waals surface area contributed by atoms with E-state index in [0.29, 0.717) is 24.9 Å². The van der Waals surface area contributed by atoms with Crippen LogP contribution in [0.2, 0.25) is 0 Å². The van der Waals surface area contributed by atoms with Gasteiger partial charge in [0.2, 0.25) is 5.91 Å². The Bertz CT molecular complexity index is 961. The Morgan fingerprint density at radius 2 is 2.10 bits per heavy atom. The molecule has 0 aliphatic heterocycles. The van der Waals surface area contributed by atoms with Crippen LogP contribution in [0.5, 0.6) is 0 Å². The summed E-state index contributed by atoms with van der Waals surface area (Å²) in [5.41, 5.74) is 2.06. The number of fused-ring (bicyclic) bond motifs is 1. The first-order chi connectivity index (χ1) is 14.3. The van der Waals surface area contributed by atoms with Gasteiger partial charge < -0.3 is 15.0 Å². The topological polar surface area (TPSA) is 84.8 Å². The zero-order valence-electron chi connectivity index (χ0n) is 16.7. The third-order valence-electron chi connectivity index (χ3n) is 5.37. The molecule has 0 unspecified atom stereocenters. The van der Waals surface area contributed by atoms with Crippen molar-refractivity contribution in [3.63, 3.8) is 0 Å². The highest BCUT2D eigenvalue weighted by molar-refractivity contribution is 7.99. The van der Waals surface area contributed by atoms with Crippen molar-refractivity contribution in [2.24, 2.45) is 0 Å². The number of aromatic amines is 1. The van der Waals surface area contributed by atoms with Gasteiger partial charge in [0.15, 0.2) is 11.0 Å². The summed E-state index contributed by atoms with van der Waals surface area (Å²) in [5.74, 6) is 1.20. The summed E-state index contributed by atoms with van der Waals surface area (Å²) in [7, 11) is 1.68. The van der Waals surface area contributed by atoms with Gasteiger partial charge in [-0.2, -0.15) is 0 Å². The van der Waals surface area contributed by atoms with Crippen LogP contribution in [-0.4, -0.2) is 51.2 Å². The number of H-pyrrole nitrogens is 1. The second-order valence-corrected chi connectivity index (χ2v) is 8.33. The Morgan fingerprint density at radius 3 is 2.93 bits per heavy atom. The monoisotopic (exact) mass is 413 g/mol. The minimum Gasteiger partial charge on any atom is -0.383 e. The van der Waals surface area contributed by atoms with Crippen molar-refractivity contribution < 1.29 is 9.53 Å². The molecule has 1 aliphatic carbocycles. The van der Waals surface area contributed by atoms with Crippen molar-refractivity contribution >= 4 is 28.6 Å². The number of ether oxygens (including phenoxy) is 1. The third-order valence-corrected chi connectivity index (χ3v) is 6.34. The quantitative estimate of drug-likeness (QED) is 0.551. The van der Waals surface area contributed by atoms with E-state index in [1.165, 1.54) is 31.0 Å². The molecule has 0 atom stereocenters. The first kappa shape index (κ1) is 20.0. The molecule has 1 aliphatic rings. The van der Waals surface area contributed by atoms with Gasteiger partial charge in [-0.05, 0) is 18.9 Å². The number of benzene rings is 1. The minimum atomic E-state index is 0.0665. The minimum absolute atomic E-state index is 0.0665. The van der Waals surface area contributed by atoms with E-state index < -0.39 is 0 Å². The first-order valence-electron chi connectivity index (χ1n) is 10.2. The maximum absolute atomic E-state index is 12.4. The molecule has 1 fully saturated rings. The van der Waals surface area contributed by atoms with Crippen LogP contribution in [0.4, 0.5) is 0 Å². The molecule has 3 aromatic rings. The van der Waals surface area contributed by atoms with Crippen LogP contribution in [0.1, 0.15) is 32.1 Å². The maximum Gasteiger partial charge on any atom is 0.230 e. The molecule has 154 valence electrons. The number of nitrogens with one attached hydrogen (secondary N) is 2. The fourth-order valence-electron chi connectivity index (χ4n) is 3.88. The van der Waals surface area contributed by atoms with Gasteiger partial charge in [0.25, 0.3) is 0 Å². The van der Waals surface area contributed by atoms with E-state index >= 15 is 0 Å². The van der Waals surface area contributed by atoms with E-state index in [1.807, 2.05) is 29.0 Å². The molecule has 1 amide bonds. The average Bonchev–Trinajstić information content (AvgIpc) is 3.35. The van der Waals surface area contributed by atoms with Crippen LogP contribution in [0, 0.1) is 0 Å². The summed E-state index contributed by atoms with van der Waals surface area (Å²) < 4.78 is 7.32. The molecular formula is C21H27N5O2S. The van der Waals surface area contributed by atoms with Crippen LogP contribution in [0.3, 0.4) is 0 Å².